The van der Waals surface area contributed by atoms with Crippen LogP contribution < -0.4 is 4.89 Å². The monoisotopic (exact) mass is 820 g/mol. The first-order chi connectivity index (χ1) is 27.5. The third-order valence-electron chi connectivity index (χ3n) is 9.10. The van der Waals surface area contributed by atoms with E-state index in [0.717, 1.165) is 57.8 Å². The normalized spacial score (nSPS) is 17.9. The van der Waals surface area contributed by atoms with Crippen molar-refractivity contribution >= 4 is 19.8 Å². The van der Waals surface area contributed by atoms with E-state index in [-0.39, 0.29) is 26.1 Å². The molecule has 10 nitrogen and oxygen atoms in total. The summed E-state index contributed by atoms with van der Waals surface area (Å²) in [5.74, 6) is -0.959. The van der Waals surface area contributed by atoms with Gasteiger partial charge < -0.3 is 32.6 Å². The summed E-state index contributed by atoms with van der Waals surface area (Å²) in [5.41, 5.74) is 0. The van der Waals surface area contributed by atoms with Crippen LogP contribution in [0, 0.1) is 0 Å². The van der Waals surface area contributed by atoms with Crippen molar-refractivity contribution in [3.63, 3.8) is 0 Å². The Balaban J connectivity index is 2.37. The van der Waals surface area contributed by atoms with E-state index in [0.29, 0.717) is 42.5 Å². The number of allylic oxidation sites excluding steroid dienone is 10. The number of epoxide rings is 1. The predicted octanol–water partition coefficient (Wildman–Crippen LogP) is 10.6. The van der Waals surface area contributed by atoms with Gasteiger partial charge in [-0.25, -0.2) is 0 Å². The number of nitrogens with zero attached hydrogens (tertiary/aromatic N) is 1. The smallest absolute Gasteiger partial charge is 0.306 e. The van der Waals surface area contributed by atoms with Crippen LogP contribution in [0.1, 0.15) is 142 Å². The van der Waals surface area contributed by atoms with Gasteiger partial charge in [0.1, 0.15) is 19.8 Å². The third kappa shape index (κ3) is 35.1. The molecule has 0 spiro atoms. The van der Waals surface area contributed by atoms with Crippen molar-refractivity contribution in [1.82, 2.24) is 0 Å². The lowest BCUT2D eigenvalue weighted by atomic mass is 10.1. The second kappa shape index (κ2) is 34.3. The van der Waals surface area contributed by atoms with Crippen LogP contribution in [0.3, 0.4) is 0 Å². The predicted molar refractivity (Wildman–Crippen MR) is 230 cm³/mol. The zero-order valence-corrected chi connectivity index (χ0v) is 37.1. The van der Waals surface area contributed by atoms with Crippen molar-refractivity contribution < 1.29 is 46.8 Å². The second-order valence-electron chi connectivity index (χ2n) is 15.7. The van der Waals surface area contributed by atoms with Crippen molar-refractivity contribution in [3.8, 4) is 0 Å². The van der Waals surface area contributed by atoms with Gasteiger partial charge in [-0.05, 0) is 89.9 Å². The van der Waals surface area contributed by atoms with Crippen LogP contribution in [0.4, 0.5) is 0 Å². The number of carbonyl (C=O) groups is 2. The van der Waals surface area contributed by atoms with E-state index in [4.69, 9.17) is 23.3 Å². The van der Waals surface area contributed by atoms with Crippen molar-refractivity contribution in [2.45, 2.75) is 161 Å². The Morgan fingerprint density at radius 2 is 1.11 bits per heavy atom. The molecule has 4 atom stereocenters. The molecule has 1 saturated heterocycles. The fourth-order valence-electron chi connectivity index (χ4n) is 5.52. The van der Waals surface area contributed by atoms with E-state index >= 15 is 0 Å². The Labute approximate surface area is 346 Å². The van der Waals surface area contributed by atoms with E-state index in [1.165, 1.54) is 38.5 Å². The quantitative estimate of drug-likeness (QED) is 0.0150. The van der Waals surface area contributed by atoms with Gasteiger partial charge in [0.15, 0.2) is 6.10 Å². The van der Waals surface area contributed by atoms with Gasteiger partial charge in [0.25, 0.3) is 7.82 Å². The molecule has 0 aromatic carbocycles. The largest absolute Gasteiger partial charge is 0.756 e. The number of likely N-dealkylation sites (N-methyl/N-ethyl adjacent to an activating group) is 1. The molecule has 326 valence electrons. The van der Waals surface area contributed by atoms with Crippen LogP contribution in [0.25, 0.3) is 0 Å². The lowest BCUT2D eigenvalue weighted by Gasteiger charge is -2.28. The molecule has 0 N–H and O–H groups in total. The fraction of sp³-hybridized carbons (Fsp3) is 0.696. The van der Waals surface area contributed by atoms with Crippen LogP contribution in [0.5, 0.6) is 0 Å². The number of ether oxygens (including phenoxy) is 3. The number of esters is 2. The molecule has 0 saturated carbocycles. The van der Waals surface area contributed by atoms with Gasteiger partial charge in [0, 0.05) is 12.8 Å². The first-order valence-electron chi connectivity index (χ1n) is 21.8. The molecule has 0 radical (unpaired) electrons. The molecule has 57 heavy (non-hydrogen) atoms. The highest BCUT2D eigenvalue weighted by Crippen LogP contribution is 2.38. The maximum atomic E-state index is 12.7. The molecular formula is C46H78NO9P. The van der Waals surface area contributed by atoms with E-state index in [1.54, 1.807) is 0 Å². The summed E-state index contributed by atoms with van der Waals surface area (Å²) in [6.07, 6.45) is 44.0. The Bertz CT molecular complexity index is 1270. The van der Waals surface area contributed by atoms with Crippen LogP contribution >= 0.6 is 7.82 Å². The number of unbranched alkanes of at least 4 members (excludes halogenated alkanes) is 9. The standard InChI is InChI=1S/C46H78NO9P/c1-6-8-10-12-14-15-16-17-18-19-20-21-24-28-32-36-45(48)52-40-42(41-54-57(50,51)53-39-38-47(3,4)5)55-46(49)37-33-29-25-22-23-27-31-35-44-43(56-44)34-30-26-13-11-9-7-2/h14-15,17-18,20-22,25-27,30-31,42-44H,6-13,16,19,23-24,28-29,32-41H2,1-5H3/b15-14-,18-17-,21-20-,25-22-,30-26-,31-27-/t42-,43?,44?/m1/s1. The summed E-state index contributed by atoms with van der Waals surface area (Å²) >= 11 is 0. The number of carbonyl (C=O) groups excluding carboxylic acids is 2. The van der Waals surface area contributed by atoms with Crippen molar-refractivity contribution in [1.29, 1.82) is 0 Å². The van der Waals surface area contributed by atoms with Crippen LogP contribution in [-0.2, 0) is 37.4 Å². The molecule has 0 aromatic heterocycles. The average Bonchev–Trinajstić information content (AvgIpc) is 3.92. The summed E-state index contributed by atoms with van der Waals surface area (Å²) in [6.45, 7) is 4.02. The molecule has 1 fully saturated rings. The summed E-state index contributed by atoms with van der Waals surface area (Å²) in [5, 5.41) is 0. The minimum absolute atomic E-state index is 0.0533. The maximum absolute atomic E-state index is 12.7. The molecule has 1 heterocycles. The van der Waals surface area contributed by atoms with Crippen LogP contribution in [0.2, 0.25) is 0 Å². The molecule has 1 rings (SSSR count). The summed E-state index contributed by atoms with van der Waals surface area (Å²) in [4.78, 5) is 37.5. The van der Waals surface area contributed by atoms with E-state index in [2.05, 4.69) is 80.7 Å². The number of hydrogen-bond acceptors (Lipinski definition) is 9. The number of phosphoric ester groups is 1. The fourth-order valence-corrected chi connectivity index (χ4v) is 6.24. The topological polar surface area (TPSA) is 124 Å². The minimum atomic E-state index is -4.66. The lowest BCUT2D eigenvalue weighted by molar-refractivity contribution is -0.870. The van der Waals surface area contributed by atoms with Crippen molar-refractivity contribution in [2.24, 2.45) is 0 Å². The van der Waals surface area contributed by atoms with Gasteiger partial charge in [-0.1, -0.05) is 112 Å². The Hall–Kier alpha value is -2.59. The number of phosphoric acid groups is 1. The van der Waals surface area contributed by atoms with E-state index < -0.39 is 32.5 Å². The molecule has 3 unspecified atom stereocenters. The van der Waals surface area contributed by atoms with Crippen LogP contribution in [-0.4, -0.2) is 82.2 Å². The second-order valence-corrected chi connectivity index (χ2v) is 17.1. The molecule has 11 heteroatoms. The first-order valence-corrected chi connectivity index (χ1v) is 23.2. The molecule has 0 aliphatic carbocycles. The first kappa shape index (κ1) is 52.4. The zero-order valence-electron chi connectivity index (χ0n) is 36.2. The van der Waals surface area contributed by atoms with Gasteiger partial charge in [-0.2, -0.15) is 0 Å². The lowest BCUT2D eigenvalue weighted by Crippen LogP contribution is -2.37. The highest BCUT2D eigenvalue weighted by atomic mass is 31.2. The summed E-state index contributed by atoms with van der Waals surface area (Å²) in [7, 11) is 1.09. The van der Waals surface area contributed by atoms with Crippen LogP contribution in [0.15, 0.2) is 72.9 Å². The number of rotatable bonds is 37. The van der Waals surface area contributed by atoms with Gasteiger partial charge in [0.05, 0.1) is 40.0 Å². The molecule has 1 aliphatic rings. The zero-order chi connectivity index (χ0) is 41.9. The third-order valence-corrected chi connectivity index (χ3v) is 10.1. The van der Waals surface area contributed by atoms with Gasteiger partial charge >= 0.3 is 11.9 Å². The maximum Gasteiger partial charge on any atom is 0.306 e. The summed E-state index contributed by atoms with van der Waals surface area (Å²) < 4.78 is 39.5. The van der Waals surface area contributed by atoms with E-state index in [1.807, 2.05) is 27.2 Å². The minimum Gasteiger partial charge on any atom is -0.756 e. The molecule has 0 amide bonds. The summed E-state index contributed by atoms with van der Waals surface area (Å²) in [6, 6.07) is 0. The Morgan fingerprint density at radius 1 is 0.632 bits per heavy atom. The molecular weight excluding hydrogens is 741 g/mol. The van der Waals surface area contributed by atoms with Crippen molar-refractivity contribution in [3.05, 3.63) is 72.9 Å². The van der Waals surface area contributed by atoms with Gasteiger partial charge in [-0.3, -0.25) is 14.2 Å². The SMILES string of the molecule is CCCCC/C=C\C/C=C\C/C=C\CCCCC(=O)OC[C@H](COP(=O)([O-])OCC[N+](C)(C)C)OC(=O)CCC/C=C\C/C=C\CC1OC1C/C=C\CCCCC. The number of quaternary nitrogens is 1. The average molecular weight is 820 g/mol. The molecule has 1 aliphatic heterocycles. The Kier molecular flexibility index (Phi) is 31.5. The molecule has 0 aromatic rings. The molecule has 0 bridgehead atoms. The van der Waals surface area contributed by atoms with Crippen molar-refractivity contribution in [2.75, 3.05) is 47.5 Å². The number of hydrogen-bond donors (Lipinski definition) is 0. The Morgan fingerprint density at radius 3 is 1.67 bits per heavy atom. The van der Waals surface area contributed by atoms with Gasteiger partial charge in [-0.15, -0.1) is 0 Å². The highest BCUT2D eigenvalue weighted by molar-refractivity contribution is 7.45. The highest BCUT2D eigenvalue weighted by Gasteiger charge is 2.36. The van der Waals surface area contributed by atoms with Gasteiger partial charge in [0.2, 0.25) is 0 Å². The van der Waals surface area contributed by atoms with E-state index in [9.17, 15) is 19.0 Å².